The van der Waals surface area contributed by atoms with Gasteiger partial charge in [-0.1, -0.05) is 31.7 Å². The molecule has 1 aromatic carbocycles. The van der Waals surface area contributed by atoms with Crippen molar-refractivity contribution >= 4 is 11.6 Å². The van der Waals surface area contributed by atoms with Crippen molar-refractivity contribution in [1.29, 1.82) is 0 Å². The summed E-state index contributed by atoms with van der Waals surface area (Å²) in [5.74, 6) is 1.17. The molecule has 0 aromatic heterocycles. The lowest BCUT2D eigenvalue weighted by atomic mass is 9.98. The van der Waals surface area contributed by atoms with Gasteiger partial charge in [-0.05, 0) is 56.2 Å². The zero-order valence-electron chi connectivity index (χ0n) is 15.4. The Labute approximate surface area is 151 Å². The Morgan fingerprint density at radius 1 is 1.24 bits per heavy atom. The molecule has 4 heteroatoms. The number of aliphatic hydroxyl groups is 1. The van der Waals surface area contributed by atoms with Crippen molar-refractivity contribution in [1.82, 2.24) is 4.90 Å². The molecule has 25 heavy (non-hydrogen) atoms. The number of hydrogen-bond donors (Lipinski definition) is 2. The van der Waals surface area contributed by atoms with Crippen molar-refractivity contribution in [3.8, 4) is 0 Å². The largest absolute Gasteiger partial charge is 0.396 e. The molecule has 2 unspecified atom stereocenters. The Balaban J connectivity index is 1.59. The standard InChI is InChI=1S/C21H32N2O2/c1-16(12-17-6-2-3-7-17)22-20-10-4-9-19(13-20)21(25)23-11-5-8-18(14-23)15-24/h4,9-10,13,16-18,22,24H,2-3,5-8,11-12,14-15H2,1H3. The number of likely N-dealkylation sites (tertiary alicyclic amines) is 1. The van der Waals surface area contributed by atoms with Crippen LogP contribution in [0, 0.1) is 11.8 Å². The molecule has 2 aliphatic rings. The molecule has 1 aromatic rings. The molecule has 0 radical (unpaired) electrons. The van der Waals surface area contributed by atoms with E-state index in [1.807, 2.05) is 23.1 Å². The molecule has 2 N–H and O–H groups in total. The Kier molecular flexibility index (Phi) is 6.35. The third kappa shape index (κ3) is 4.97. The van der Waals surface area contributed by atoms with E-state index in [0.717, 1.165) is 36.6 Å². The van der Waals surface area contributed by atoms with Crippen molar-refractivity contribution in [3.63, 3.8) is 0 Å². The topological polar surface area (TPSA) is 52.6 Å². The minimum Gasteiger partial charge on any atom is -0.396 e. The van der Waals surface area contributed by atoms with Gasteiger partial charge in [0.2, 0.25) is 0 Å². The molecule has 1 amide bonds. The number of nitrogens with one attached hydrogen (secondary N) is 1. The van der Waals surface area contributed by atoms with Crippen molar-refractivity contribution in [2.24, 2.45) is 11.8 Å². The summed E-state index contributed by atoms with van der Waals surface area (Å²) in [5.41, 5.74) is 1.78. The van der Waals surface area contributed by atoms with Crippen LogP contribution in [0.5, 0.6) is 0 Å². The summed E-state index contributed by atoms with van der Waals surface area (Å²) in [6.45, 7) is 3.88. The van der Waals surface area contributed by atoms with Gasteiger partial charge >= 0.3 is 0 Å². The summed E-state index contributed by atoms with van der Waals surface area (Å²) in [6.07, 6.45) is 8.70. The average molecular weight is 344 g/mol. The molecule has 1 aliphatic carbocycles. The molecule has 0 bridgehead atoms. The minimum absolute atomic E-state index is 0.0882. The highest BCUT2D eigenvalue weighted by molar-refractivity contribution is 5.95. The number of nitrogens with zero attached hydrogens (tertiary/aromatic N) is 1. The molecule has 2 fully saturated rings. The summed E-state index contributed by atoms with van der Waals surface area (Å²) >= 11 is 0. The maximum absolute atomic E-state index is 12.8. The summed E-state index contributed by atoms with van der Waals surface area (Å²) in [5, 5.41) is 12.9. The van der Waals surface area contributed by atoms with E-state index in [9.17, 15) is 9.90 Å². The average Bonchev–Trinajstić information content (AvgIpc) is 3.14. The van der Waals surface area contributed by atoms with Crippen LogP contribution in [-0.4, -0.2) is 41.7 Å². The van der Waals surface area contributed by atoms with Crippen molar-refractivity contribution < 1.29 is 9.90 Å². The van der Waals surface area contributed by atoms with Gasteiger partial charge in [-0.25, -0.2) is 0 Å². The lowest BCUT2D eigenvalue weighted by Gasteiger charge is -2.32. The summed E-state index contributed by atoms with van der Waals surface area (Å²) in [7, 11) is 0. The van der Waals surface area contributed by atoms with E-state index in [2.05, 4.69) is 18.3 Å². The van der Waals surface area contributed by atoms with Crippen LogP contribution >= 0.6 is 0 Å². The van der Waals surface area contributed by atoms with Crippen LogP contribution in [0.25, 0.3) is 0 Å². The summed E-state index contributed by atoms with van der Waals surface area (Å²) < 4.78 is 0. The predicted octanol–water partition coefficient (Wildman–Crippen LogP) is 3.91. The number of benzene rings is 1. The van der Waals surface area contributed by atoms with Crippen molar-refractivity contribution in [2.75, 3.05) is 25.0 Å². The third-order valence-corrected chi connectivity index (χ3v) is 5.75. The highest BCUT2D eigenvalue weighted by atomic mass is 16.3. The Morgan fingerprint density at radius 2 is 2.00 bits per heavy atom. The minimum atomic E-state index is 0.0882. The summed E-state index contributed by atoms with van der Waals surface area (Å²) in [4.78, 5) is 14.7. The first-order valence-electron chi connectivity index (χ1n) is 9.92. The maximum atomic E-state index is 12.8. The van der Waals surface area contributed by atoms with Gasteiger partial charge in [-0.2, -0.15) is 0 Å². The number of piperidine rings is 1. The second-order valence-corrected chi connectivity index (χ2v) is 7.95. The van der Waals surface area contributed by atoms with Gasteiger partial charge in [0.05, 0.1) is 0 Å². The molecule has 1 heterocycles. The van der Waals surface area contributed by atoms with E-state index in [1.165, 1.54) is 32.1 Å². The van der Waals surface area contributed by atoms with Gasteiger partial charge in [-0.15, -0.1) is 0 Å². The quantitative estimate of drug-likeness (QED) is 0.822. The van der Waals surface area contributed by atoms with E-state index in [4.69, 9.17) is 0 Å². The first-order chi connectivity index (χ1) is 12.2. The van der Waals surface area contributed by atoms with E-state index in [1.54, 1.807) is 0 Å². The number of carbonyl (C=O) groups excluding carboxylic acids is 1. The van der Waals surface area contributed by atoms with Crippen LogP contribution in [0.4, 0.5) is 5.69 Å². The third-order valence-electron chi connectivity index (χ3n) is 5.75. The monoisotopic (exact) mass is 344 g/mol. The van der Waals surface area contributed by atoms with E-state index >= 15 is 0 Å². The lowest BCUT2D eigenvalue weighted by molar-refractivity contribution is 0.0621. The Bertz CT molecular complexity index is 569. The normalized spacial score (nSPS) is 22.8. The predicted molar refractivity (Wildman–Crippen MR) is 102 cm³/mol. The number of anilines is 1. The SMILES string of the molecule is CC(CC1CCCC1)Nc1cccc(C(=O)N2CCCC(CO)C2)c1. The van der Waals surface area contributed by atoms with E-state index in [-0.39, 0.29) is 18.4 Å². The number of hydrogen-bond acceptors (Lipinski definition) is 3. The molecule has 3 rings (SSSR count). The molecule has 1 saturated carbocycles. The number of aliphatic hydroxyl groups excluding tert-OH is 1. The van der Waals surface area contributed by atoms with Gasteiger partial charge in [-0.3, -0.25) is 4.79 Å². The van der Waals surface area contributed by atoms with Crippen LogP contribution in [-0.2, 0) is 0 Å². The van der Waals surface area contributed by atoms with Crippen LogP contribution in [0.2, 0.25) is 0 Å². The van der Waals surface area contributed by atoms with Gasteiger partial charge in [0.15, 0.2) is 0 Å². The fourth-order valence-corrected chi connectivity index (χ4v) is 4.41. The molecule has 1 saturated heterocycles. The van der Waals surface area contributed by atoms with Crippen molar-refractivity contribution in [2.45, 2.75) is 57.9 Å². The molecular formula is C21H32N2O2. The summed E-state index contributed by atoms with van der Waals surface area (Å²) in [6, 6.07) is 8.33. The van der Waals surface area contributed by atoms with E-state index in [0.29, 0.717) is 12.6 Å². The second-order valence-electron chi connectivity index (χ2n) is 7.95. The fourth-order valence-electron chi connectivity index (χ4n) is 4.41. The van der Waals surface area contributed by atoms with Gasteiger partial charge in [0.1, 0.15) is 0 Å². The molecule has 0 spiro atoms. The van der Waals surface area contributed by atoms with Crippen LogP contribution in [0.1, 0.15) is 62.2 Å². The van der Waals surface area contributed by atoms with Crippen molar-refractivity contribution in [3.05, 3.63) is 29.8 Å². The zero-order valence-corrected chi connectivity index (χ0v) is 15.4. The molecular weight excluding hydrogens is 312 g/mol. The Hall–Kier alpha value is -1.55. The van der Waals surface area contributed by atoms with Gasteiger partial charge < -0.3 is 15.3 Å². The van der Waals surface area contributed by atoms with Gasteiger partial charge in [0, 0.05) is 37.0 Å². The highest BCUT2D eigenvalue weighted by Crippen LogP contribution is 2.29. The number of amides is 1. The highest BCUT2D eigenvalue weighted by Gasteiger charge is 2.24. The van der Waals surface area contributed by atoms with Gasteiger partial charge in [0.25, 0.3) is 5.91 Å². The van der Waals surface area contributed by atoms with E-state index < -0.39 is 0 Å². The molecule has 138 valence electrons. The fraction of sp³-hybridized carbons (Fsp3) is 0.667. The number of carbonyl (C=O) groups is 1. The maximum Gasteiger partial charge on any atom is 0.253 e. The second kappa shape index (κ2) is 8.70. The molecule has 4 nitrogen and oxygen atoms in total. The van der Waals surface area contributed by atoms with Crippen LogP contribution < -0.4 is 5.32 Å². The first kappa shape index (κ1) is 18.2. The number of rotatable bonds is 6. The van der Waals surface area contributed by atoms with Crippen LogP contribution in [0.3, 0.4) is 0 Å². The molecule has 1 aliphatic heterocycles. The molecule has 2 atom stereocenters. The Morgan fingerprint density at radius 3 is 2.76 bits per heavy atom. The first-order valence-corrected chi connectivity index (χ1v) is 9.92. The zero-order chi connectivity index (χ0) is 17.6. The van der Waals surface area contributed by atoms with Crippen LogP contribution in [0.15, 0.2) is 24.3 Å². The lowest BCUT2D eigenvalue weighted by Crippen LogP contribution is -2.40. The smallest absolute Gasteiger partial charge is 0.253 e.